The van der Waals surface area contributed by atoms with Gasteiger partial charge in [-0.2, -0.15) is 0 Å². The monoisotopic (exact) mass is 295 g/mol. The van der Waals surface area contributed by atoms with Gasteiger partial charge in [-0.05, 0) is 56.4 Å². The number of carbonyl (C=O) groups excluding carboxylic acids is 1. The molecule has 1 fully saturated rings. The van der Waals surface area contributed by atoms with Crippen LogP contribution in [0.15, 0.2) is 22.7 Å². The Labute approximate surface area is 111 Å². The Bertz CT molecular complexity index is 432. The maximum absolute atomic E-state index is 12.1. The first-order valence-corrected chi connectivity index (χ1v) is 6.94. The Morgan fingerprint density at radius 1 is 1.47 bits per heavy atom. The van der Waals surface area contributed by atoms with E-state index in [1.807, 2.05) is 25.1 Å². The molecule has 0 aromatic heterocycles. The van der Waals surface area contributed by atoms with Gasteiger partial charge in [-0.3, -0.25) is 4.79 Å². The maximum atomic E-state index is 12.1. The first kappa shape index (κ1) is 12.6. The molecule has 1 aliphatic carbocycles. The van der Waals surface area contributed by atoms with E-state index in [2.05, 4.69) is 28.2 Å². The summed E-state index contributed by atoms with van der Waals surface area (Å²) in [5.74, 6) is 0.0575. The molecule has 0 atom stereocenters. The van der Waals surface area contributed by atoms with E-state index in [0.717, 1.165) is 34.9 Å². The predicted molar refractivity (Wildman–Crippen MR) is 73.2 cm³/mol. The number of hydrogen-bond donors (Lipinski definition) is 1. The van der Waals surface area contributed by atoms with Crippen molar-refractivity contribution in [3.63, 3.8) is 0 Å². The lowest BCUT2D eigenvalue weighted by molar-refractivity contribution is 0.0820. The van der Waals surface area contributed by atoms with Crippen molar-refractivity contribution < 1.29 is 4.79 Å². The number of halogens is 1. The molecular formula is C14H18BrNO. The zero-order valence-corrected chi connectivity index (χ0v) is 11.9. The lowest BCUT2D eigenvalue weighted by Crippen LogP contribution is -2.52. The Morgan fingerprint density at radius 2 is 2.18 bits per heavy atom. The first-order chi connectivity index (χ1) is 8.06. The van der Waals surface area contributed by atoms with E-state index in [1.54, 1.807) is 0 Å². The molecular weight excluding hydrogens is 278 g/mol. The van der Waals surface area contributed by atoms with Crippen molar-refractivity contribution in [2.45, 2.75) is 45.1 Å². The van der Waals surface area contributed by atoms with Crippen LogP contribution in [0.2, 0.25) is 0 Å². The quantitative estimate of drug-likeness (QED) is 0.902. The molecule has 0 aliphatic heterocycles. The molecule has 1 aromatic rings. The molecule has 17 heavy (non-hydrogen) atoms. The van der Waals surface area contributed by atoms with Crippen molar-refractivity contribution in [3.8, 4) is 0 Å². The lowest BCUT2D eigenvalue weighted by atomic mass is 9.74. The van der Waals surface area contributed by atoms with Crippen molar-refractivity contribution in [1.82, 2.24) is 5.32 Å². The summed E-state index contributed by atoms with van der Waals surface area (Å²) >= 11 is 3.45. The first-order valence-electron chi connectivity index (χ1n) is 6.15. The Morgan fingerprint density at radius 3 is 2.65 bits per heavy atom. The minimum atomic E-state index is 0.0575. The Balaban J connectivity index is 2.11. The van der Waals surface area contributed by atoms with Gasteiger partial charge in [0.05, 0.1) is 0 Å². The van der Waals surface area contributed by atoms with Crippen molar-refractivity contribution in [1.29, 1.82) is 0 Å². The number of rotatable bonds is 3. The third-order valence-electron chi connectivity index (χ3n) is 3.79. The second-order valence-corrected chi connectivity index (χ2v) is 5.76. The molecule has 2 rings (SSSR count). The fourth-order valence-corrected chi connectivity index (χ4v) is 2.52. The van der Waals surface area contributed by atoms with Gasteiger partial charge in [0, 0.05) is 15.6 Å². The van der Waals surface area contributed by atoms with Crippen LogP contribution in [-0.2, 0) is 0 Å². The van der Waals surface area contributed by atoms with Gasteiger partial charge in [-0.25, -0.2) is 0 Å². The van der Waals surface area contributed by atoms with E-state index in [4.69, 9.17) is 0 Å². The second kappa shape index (κ2) is 4.81. The SMILES string of the molecule is CCC1(NC(=O)c2ccc(Br)c(C)c2)CCC1. The molecule has 1 aliphatic rings. The molecule has 1 amide bonds. The molecule has 0 spiro atoms. The van der Waals surface area contributed by atoms with Crippen LogP contribution in [0.5, 0.6) is 0 Å². The highest BCUT2D eigenvalue weighted by molar-refractivity contribution is 9.10. The van der Waals surface area contributed by atoms with Crippen molar-refractivity contribution in [2.24, 2.45) is 0 Å². The van der Waals surface area contributed by atoms with Crippen LogP contribution in [0.1, 0.15) is 48.5 Å². The zero-order chi connectivity index (χ0) is 12.5. The summed E-state index contributed by atoms with van der Waals surface area (Å²) < 4.78 is 1.04. The van der Waals surface area contributed by atoms with E-state index in [-0.39, 0.29) is 11.4 Å². The third-order valence-corrected chi connectivity index (χ3v) is 4.68. The molecule has 3 heteroatoms. The molecule has 2 nitrogen and oxygen atoms in total. The van der Waals surface area contributed by atoms with E-state index >= 15 is 0 Å². The molecule has 0 bridgehead atoms. The van der Waals surface area contributed by atoms with E-state index in [1.165, 1.54) is 6.42 Å². The lowest BCUT2D eigenvalue weighted by Gasteiger charge is -2.42. The summed E-state index contributed by atoms with van der Waals surface area (Å²) in [6.45, 7) is 4.14. The largest absolute Gasteiger partial charge is 0.347 e. The molecule has 92 valence electrons. The second-order valence-electron chi connectivity index (χ2n) is 4.91. The fraction of sp³-hybridized carbons (Fsp3) is 0.500. The molecule has 0 saturated heterocycles. The molecule has 0 heterocycles. The van der Waals surface area contributed by atoms with Crippen LogP contribution in [0.4, 0.5) is 0 Å². The normalized spacial score (nSPS) is 17.4. The van der Waals surface area contributed by atoms with Crippen molar-refractivity contribution in [3.05, 3.63) is 33.8 Å². The van der Waals surface area contributed by atoms with Crippen LogP contribution in [0, 0.1) is 6.92 Å². The van der Waals surface area contributed by atoms with Gasteiger partial charge in [-0.15, -0.1) is 0 Å². The highest BCUT2D eigenvalue weighted by atomic mass is 79.9. The van der Waals surface area contributed by atoms with Crippen LogP contribution < -0.4 is 5.32 Å². The summed E-state index contributed by atoms with van der Waals surface area (Å²) in [5.41, 5.74) is 1.92. The number of hydrogen-bond acceptors (Lipinski definition) is 1. The summed E-state index contributed by atoms with van der Waals surface area (Å²) in [4.78, 5) is 12.1. The summed E-state index contributed by atoms with van der Waals surface area (Å²) in [5, 5.41) is 3.19. The van der Waals surface area contributed by atoms with Crippen molar-refractivity contribution >= 4 is 21.8 Å². The predicted octanol–water partition coefficient (Wildman–Crippen LogP) is 3.82. The minimum Gasteiger partial charge on any atom is -0.347 e. The van der Waals surface area contributed by atoms with Crippen LogP contribution in [0.25, 0.3) is 0 Å². The summed E-state index contributed by atoms with van der Waals surface area (Å²) in [6, 6.07) is 5.74. The van der Waals surface area contributed by atoms with Gasteiger partial charge in [0.1, 0.15) is 0 Å². The van der Waals surface area contributed by atoms with Gasteiger partial charge in [0.2, 0.25) is 0 Å². The van der Waals surface area contributed by atoms with Gasteiger partial charge in [0.15, 0.2) is 0 Å². The van der Waals surface area contributed by atoms with Crippen LogP contribution in [-0.4, -0.2) is 11.4 Å². The standard InChI is InChI=1S/C14H18BrNO/c1-3-14(7-4-8-14)16-13(17)11-5-6-12(15)10(2)9-11/h5-6,9H,3-4,7-8H2,1-2H3,(H,16,17). The highest BCUT2D eigenvalue weighted by Crippen LogP contribution is 2.34. The Hall–Kier alpha value is -0.830. The van der Waals surface area contributed by atoms with Gasteiger partial charge >= 0.3 is 0 Å². The highest BCUT2D eigenvalue weighted by Gasteiger charge is 2.36. The number of benzene rings is 1. The topological polar surface area (TPSA) is 29.1 Å². The molecule has 1 aromatic carbocycles. The zero-order valence-electron chi connectivity index (χ0n) is 10.3. The summed E-state index contributed by atoms with van der Waals surface area (Å²) in [6.07, 6.45) is 4.48. The van der Waals surface area contributed by atoms with Gasteiger partial charge in [-0.1, -0.05) is 22.9 Å². The van der Waals surface area contributed by atoms with E-state index in [9.17, 15) is 4.79 Å². The molecule has 0 unspecified atom stereocenters. The van der Waals surface area contributed by atoms with Crippen molar-refractivity contribution in [2.75, 3.05) is 0 Å². The van der Waals surface area contributed by atoms with Crippen LogP contribution >= 0.6 is 15.9 Å². The number of carbonyl (C=O) groups is 1. The fourth-order valence-electron chi connectivity index (χ4n) is 2.27. The van der Waals surface area contributed by atoms with E-state index < -0.39 is 0 Å². The minimum absolute atomic E-state index is 0.0575. The Kier molecular flexibility index (Phi) is 3.57. The smallest absolute Gasteiger partial charge is 0.251 e. The number of nitrogens with one attached hydrogen (secondary N) is 1. The third kappa shape index (κ3) is 2.54. The van der Waals surface area contributed by atoms with Gasteiger partial charge in [0.25, 0.3) is 5.91 Å². The van der Waals surface area contributed by atoms with E-state index in [0.29, 0.717) is 0 Å². The van der Waals surface area contributed by atoms with Crippen LogP contribution in [0.3, 0.4) is 0 Å². The number of amides is 1. The average molecular weight is 296 g/mol. The molecule has 0 radical (unpaired) electrons. The number of aryl methyl sites for hydroxylation is 1. The average Bonchev–Trinajstić information content (AvgIpc) is 2.27. The maximum Gasteiger partial charge on any atom is 0.251 e. The van der Waals surface area contributed by atoms with Gasteiger partial charge < -0.3 is 5.32 Å². The molecule has 1 N–H and O–H groups in total. The molecule has 1 saturated carbocycles. The summed E-state index contributed by atoms with van der Waals surface area (Å²) in [7, 11) is 0.